The molecule has 0 radical (unpaired) electrons. The third kappa shape index (κ3) is 4.23. The molecular formula is C16H16BrNO3. The van der Waals surface area contributed by atoms with E-state index in [9.17, 15) is 9.90 Å². The highest BCUT2D eigenvalue weighted by atomic mass is 79.9. The maximum atomic E-state index is 11.8. The molecule has 0 aliphatic carbocycles. The number of halogens is 1. The molecule has 0 aliphatic rings. The third-order valence-corrected chi connectivity index (χ3v) is 3.49. The van der Waals surface area contributed by atoms with Crippen molar-refractivity contribution in [1.82, 2.24) is 0 Å². The number of nitrogens with one attached hydrogen (secondary N) is 1. The molecule has 0 unspecified atom stereocenters. The van der Waals surface area contributed by atoms with E-state index >= 15 is 0 Å². The maximum Gasteiger partial charge on any atom is 0.262 e. The smallest absolute Gasteiger partial charge is 0.262 e. The van der Waals surface area contributed by atoms with Gasteiger partial charge in [0.25, 0.3) is 5.91 Å². The summed E-state index contributed by atoms with van der Waals surface area (Å²) in [6.45, 7) is 3.71. The first-order valence-corrected chi connectivity index (χ1v) is 7.23. The van der Waals surface area contributed by atoms with E-state index in [1.807, 2.05) is 32.0 Å². The molecule has 1 amide bonds. The van der Waals surface area contributed by atoms with Crippen LogP contribution in [0.1, 0.15) is 11.1 Å². The molecule has 4 nitrogen and oxygen atoms in total. The monoisotopic (exact) mass is 349 g/mol. The Morgan fingerprint density at radius 2 is 1.86 bits per heavy atom. The molecule has 0 atom stereocenters. The Hall–Kier alpha value is -2.01. The fourth-order valence-electron chi connectivity index (χ4n) is 1.80. The number of hydrogen-bond donors (Lipinski definition) is 2. The average Bonchev–Trinajstić information content (AvgIpc) is 2.41. The Morgan fingerprint density at radius 3 is 2.52 bits per heavy atom. The molecule has 0 bridgehead atoms. The fourth-order valence-corrected chi connectivity index (χ4v) is 2.41. The number of phenolic OH excluding ortho intramolecular Hbond substituents is 1. The number of hydrogen-bond acceptors (Lipinski definition) is 3. The number of carbonyl (C=O) groups is 1. The first-order valence-electron chi connectivity index (χ1n) is 6.44. The fraction of sp³-hybridized carbons (Fsp3) is 0.188. The van der Waals surface area contributed by atoms with E-state index < -0.39 is 0 Å². The molecule has 0 spiro atoms. The first kappa shape index (κ1) is 15.4. The van der Waals surface area contributed by atoms with Gasteiger partial charge in [0.2, 0.25) is 0 Å². The minimum Gasteiger partial charge on any atom is -0.506 e. The van der Waals surface area contributed by atoms with Crippen molar-refractivity contribution in [2.75, 3.05) is 11.9 Å². The SMILES string of the molecule is Cc1ccc(NC(=O)COc2ccc(C)cc2Br)c(O)c1. The van der Waals surface area contributed by atoms with Crippen molar-refractivity contribution in [3.8, 4) is 11.5 Å². The van der Waals surface area contributed by atoms with Crippen LogP contribution in [0.3, 0.4) is 0 Å². The molecule has 110 valence electrons. The van der Waals surface area contributed by atoms with E-state index in [1.165, 1.54) is 0 Å². The standard InChI is InChI=1S/C16H16BrNO3/c1-10-4-6-15(12(17)7-10)21-9-16(20)18-13-5-3-11(2)8-14(13)19/h3-8,19H,9H2,1-2H3,(H,18,20). The lowest BCUT2D eigenvalue weighted by Gasteiger charge is -2.10. The zero-order valence-electron chi connectivity index (χ0n) is 11.8. The highest BCUT2D eigenvalue weighted by molar-refractivity contribution is 9.10. The second-order valence-corrected chi connectivity index (χ2v) is 5.65. The number of anilines is 1. The molecule has 0 heterocycles. The molecule has 5 heteroatoms. The minimum atomic E-state index is -0.332. The quantitative estimate of drug-likeness (QED) is 0.825. The summed E-state index contributed by atoms with van der Waals surface area (Å²) in [5, 5.41) is 12.3. The zero-order valence-corrected chi connectivity index (χ0v) is 13.4. The van der Waals surface area contributed by atoms with Crippen molar-refractivity contribution in [3.63, 3.8) is 0 Å². The van der Waals surface area contributed by atoms with Crippen molar-refractivity contribution in [3.05, 3.63) is 52.0 Å². The molecule has 2 N–H and O–H groups in total. The summed E-state index contributed by atoms with van der Waals surface area (Å²) >= 11 is 3.39. The summed E-state index contributed by atoms with van der Waals surface area (Å²) in [6.07, 6.45) is 0. The van der Waals surface area contributed by atoms with Crippen LogP contribution in [0.15, 0.2) is 40.9 Å². The van der Waals surface area contributed by atoms with Gasteiger partial charge in [0.15, 0.2) is 6.61 Å². The Morgan fingerprint density at radius 1 is 1.19 bits per heavy atom. The number of ether oxygens (including phenoxy) is 1. The van der Waals surface area contributed by atoms with Crippen molar-refractivity contribution < 1.29 is 14.6 Å². The Bertz CT molecular complexity index is 671. The van der Waals surface area contributed by atoms with Crippen LogP contribution in [-0.2, 0) is 4.79 Å². The molecule has 0 saturated carbocycles. The second-order valence-electron chi connectivity index (χ2n) is 4.79. The highest BCUT2D eigenvalue weighted by Gasteiger charge is 2.08. The van der Waals surface area contributed by atoms with E-state index in [-0.39, 0.29) is 18.3 Å². The van der Waals surface area contributed by atoms with Gasteiger partial charge in [0.1, 0.15) is 11.5 Å². The number of amides is 1. The van der Waals surface area contributed by atoms with E-state index in [0.29, 0.717) is 11.4 Å². The summed E-state index contributed by atoms with van der Waals surface area (Å²) in [4.78, 5) is 11.8. The van der Waals surface area contributed by atoms with Gasteiger partial charge in [0.05, 0.1) is 10.2 Å². The number of carbonyl (C=O) groups excluding carboxylic acids is 1. The van der Waals surface area contributed by atoms with Gasteiger partial charge in [-0.1, -0.05) is 12.1 Å². The van der Waals surface area contributed by atoms with Gasteiger partial charge < -0.3 is 15.2 Å². The van der Waals surface area contributed by atoms with Crippen molar-refractivity contribution in [1.29, 1.82) is 0 Å². The molecule has 0 fully saturated rings. The van der Waals surface area contributed by atoms with Crippen LogP contribution in [-0.4, -0.2) is 17.6 Å². The van der Waals surface area contributed by atoms with Crippen molar-refractivity contribution in [2.24, 2.45) is 0 Å². The number of aromatic hydroxyl groups is 1. The van der Waals surface area contributed by atoms with Crippen LogP contribution in [0.25, 0.3) is 0 Å². The van der Waals surface area contributed by atoms with Crippen LogP contribution in [0, 0.1) is 13.8 Å². The Labute approximate surface area is 131 Å². The van der Waals surface area contributed by atoms with Gasteiger partial charge in [-0.15, -0.1) is 0 Å². The van der Waals surface area contributed by atoms with Crippen LogP contribution < -0.4 is 10.1 Å². The average molecular weight is 350 g/mol. The van der Waals surface area contributed by atoms with E-state index in [1.54, 1.807) is 18.2 Å². The molecule has 2 rings (SSSR count). The summed E-state index contributed by atoms with van der Waals surface area (Å²) in [6, 6.07) is 10.7. The van der Waals surface area contributed by atoms with Gasteiger partial charge in [-0.2, -0.15) is 0 Å². The molecule has 0 saturated heterocycles. The van der Waals surface area contributed by atoms with Gasteiger partial charge in [0, 0.05) is 0 Å². The largest absolute Gasteiger partial charge is 0.506 e. The summed E-state index contributed by atoms with van der Waals surface area (Å²) in [7, 11) is 0. The highest BCUT2D eigenvalue weighted by Crippen LogP contribution is 2.26. The van der Waals surface area contributed by atoms with Gasteiger partial charge in [-0.25, -0.2) is 0 Å². The van der Waals surface area contributed by atoms with Crippen molar-refractivity contribution in [2.45, 2.75) is 13.8 Å². The molecule has 21 heavy (non-hydrogen) atoms. The summed E-state index contributed by atoms with van der Waals surface area (Å²) < 4.78 is 6.25. The predicted molar refractivity (Wildman–Crippen MR) is 85.8 cm³/mol. The molecule has 0 aromatic heterocycles. The maximum absolute atomic E-state index is 11.8. The Kier molecular flexibility index (Phi) is 4.85. The Balaban J connectivity index is 1.96. The first-order chi connectivity index (χ1) is 9.95. The molecule has 2 aromatic carbocycles. The molecular weight excluding hydrogens is 334 g/mol. The van der Waals surface area contributed by atoms with Crippen LogP contribution in [0.2, 0.25) is 0 Å². The minimum absolute atomic E-state index is 0.0415. The predicted octanol–water partition coefficient (Wildman–Crippen LogP) is 3.79. The normalized spacial score (nSPS) is 10.2. The third-order valence-electron chi connectivity index (χ3n) is 2.87. The van der Waals surface area contributed by atoms with Gasteiger partial charge >= 0.3 is 0 Å². The zero-order chi connectivity index (χ0) is 15.4. The van der Waals surface area contributed by atoms with Crippen LogP contribution in [0.5, 0.6) is 11.5 Å². The van der Waals surface area contributed by atoms with E-state index in [2.05, 4.69) is 21.2 Å². The number of phenols is 1. The second kappa shape index (κ2) is 6.63. The summed E-state index contributed by atoms with van der Waals surface area (Å²) in [5.41, 5.74) is 2.39. The van der Waals surface area contributed by atoms with E-state index in [0.717, 1.165) is 15.6 Å². The lowest BCUT2D eigenvalue weighted by molar-refractivity contribution is -0.118. The van der Waals surface area contributed by atoms with Crippen molar-refractivity contribution >= 4 is 27.5 Å². The lowest BCUT2D eigenvalue weighted by atomic mass is 10.2. The van der Waals surface area contributed by atoms with Crippen LogP contribution >= 0.6 is 15.9 Å². The summed E-state index contributed by atoms with van der Waals surface area (Å²) in [5.74, 6) is 0.311. The van der Waals surface area contributed by atoms with E-state index in [4.69, 9.17) is 4.74 Å². The van der Waals surface area contributed by atoms with Crippen LogP contribution in [0.4, 0.5) is 5.69 Å². The molecule has 2 aromatic rings. The molecule has 0 aliphatic heterocycles. The number of aryl methyl sites for hydroxylation is 2. The number of benzene rings is 2. The van der Waals surface area contributed by atoms with Gasteiger partial charge in [-0.3, -0.25) is 4.79 Å². The van der Waals surface area contributed by atoms with Gasteiger partial charge in [-0.05, 0) is 65.2 Å². The lowest BCUT2D eigenvalue weighted by Crippen LogP contribution is -2.20. The number of rotatable bonds is 4. The topological polar surface area (TPSA) is 58.6 Å².